The van der Waals surface area contributed by atoms with E-state index in [1.807, 2.05) is 12.3 Å². The number of nitrogens with zero attached hydrogens (tertiary/aromatic N) is 2. The van der Waals surface area contributed by atoms with Gasteiger partial charge < -0.3 is 0 Å². The molecule has 0 fully saturated rings. The van der Waals surface area contributed by atoms with Gasteiger partial charge in [-0.05, 0) is 18.2 Å². The summed E-state index contributed by atoms with van der Waals surface area (Å²) in [4.78, 5) is 8.25. The first-order valence-corrected chi connectivity index (χ1v) is 4.82. The predicted molar refractivity (Wildman–Crippen MR) is 47.9 cm³/mol. The summed E-state index contributed by atoms with van der Waals surface area (Å²) in [6.07, 6.45) is 3.65. The summed E-state index contributed by atoms with van der Waals surface area (Å²) in [5.41, 5.74) is 1.12. The molecule has 0 saturated heterocycles. The van der Waals surface area contributed by atoms with Crippen LogP contribution in [0.1, 0.15) is 25.5 Å². The lowest BCUT2D eigenvalue weighted by Gasteiger charge is -2.03. The van der Waals surface area contributed by atoms with E-state index in [4.69, 9.17) is 0 Å². The highest BCUT2D eigenvalue weighted by Crippen LogP contribution is 2.16. The highest BCUT2D eigenvalue weighted by Gasteiger charge is 2.00. The molecule has 0 aliphatic rings. The second kappa shape index (κ2) is 3.72. The zero-order chi connectivity index (χ0) is 8.27. The molecule has 1 aromatic rings. The quantitative estimate of drug-likeness (QED) is 0.500. The molecule has 0 N–H and O–H groups in total. The molecule has 60 valence electrons. The van der Waals surface area contributed by atoms with Gasteiger partial charge in [-0.2, -0.15) is 0 Å². The molecule has 2 nitrogen and oxygen atoms in total. The van der Waals surface area contributed by atoms with Crippen molar-refractivity contribution in [2.75, 3.05) is 6.26 Å². The summed E-state index contributed by atoms with van der Waals surface area (Å²) in [6.45, 7) is 4.26. The van der Waals surface area contributed by atoms with Gasteiger partial charge in [0.1, 0.15) is 6.33 Å². The summed E-state index contributed by atoms with van der Waals surface area (Å²) in [6, 6.07) is 2.04. The highest BCUT2D eigenvalue weighted by molar-refractivity contribution is 7.98. The third-order valence-corrected chi connectivity index (χ3v) is 2.11. The molecular formula is C8H12N2S. The van der Waals surface area contributed by atoms with Crippen LogP contribution in [-0.2, 0) is 0 Å². The maximum atomic E-state index is 4.16. The van der Waals surface area contributed by atoms with Crippen molar-refractivity contribution in [3.63, 3.8) is 0 Å². The molecule has 3 heteroatoms. The molecule has 0 saturated carbocycles. The lowest BCUT2D eigenvalue weighted by Crippen LogP contribution is -1.93. The molecule has 11 heavy (non-hydrogen) atoms. The van der Waals surface area contributed by atoms with E-state index in [-0.39, 0.29) is 0 Å². The van der Waals surface area contributed by atoms with Gasteiger partial charge in [0.2, 0.25) is 0 Å². The Kier molecular flexibility index (Phi) is 2.88. The van der Waals surface area contributed by atoms with Gasteiger partial charge in [0.15, 0.2) is 0 Å². The molecule has 0 unspecified atom stereocenters. The minimum atomic E-state index is 0.490. The summed E-state index contributed by atoms with van der Waals surface area (Å²) < 4.78 is 0. The largest absolute Gasteiger partial charge is 0.241 e. The Morgan fingerprint density at radius 2 is 2.09 bits per heavy atom. The normalized spacial score (nSPS) is 10.5. The molecule has 0 aromatic carbocycles. The van der Waals surface area contributed by atoms with E-state index in [0.29, 0.717) is 5.92 Å². The van der Waals surface area contributed by atoms with Crippen LogP contribution < -0.4 is 0 Å². The van der Waals surface area contributed by atoms with Crippen LogP contribution in [0.3, 0.4) is 0 Å². The van der Waals surface area contributed by atoms with Crippen LogP contribution in [0, 0.1) is 0 Å². The topological polar surface area (TPSA) is 25.8 Å². The standard InChI is InChI=1S/C8H12N2S/c1-6(2)7-4-8(11-3)10-5-9-7/h4-6H,1-3H3. The zero-order valence-electron chi connectivity index (χ0n) is 7.03. The second-order valence-electron chi connectivity index (χ2n) is 2.64. The molecule has 0 radical (unpaired) electrons. The molecule has 0 bridgehead atoms. The second-order valence-corrected chi connectivity index (χ2v) is 3.47. The number of thioether (sulfide) groups is 1. The van der Waals surface area contributed by atoms with Crippen molar-refractivity contribution in [2.45, 2.75) is 24.8 Å². The summed E-state index contributed by atoms with van der Waals surface area (Å²) in [5.74, 6) is 0.490. The first-order valence-electron chi connectivity index (χ1n) is 3.60. The van der Waals surface area contributed by atoms with Gasteiger partial charge in [-0.15, -0.1) is 11.8 Å². The maximum absolute atomic E-state index is 4.16. The Morgan fingerprint density at radius 3 is 2.64 bits per heavy atom. The smallest absolute Gasteiger partial charge is 0.116 e. The minimum Gasteiger partial charge on any atom is -0.241 e. The van der Waals surface area contributed by atoms with Crippen LogP contribution in [0.5, 0.6) is 0 Å². The average Bonchev–Trinajstić information content (AvgIpc) is 2.05. The van der Waals surface area contributed by atoms with Gasteiger partial charge in [-0.3, -0.25) is 0 Å². The lowest BCUT2D eigenvalue weighted by molar-refractivity contribution is 0.800. The average molecular weight is 168 g/mol. The van der Waals surface area contributed by atoms with E-state index < -0.39 is 0 Å². The van der Waals surface area contributed by atoms with E-state index in [1.165, 1.54) is 0 Å². The maximum Gasteiger partial charge on any atom is 0.116 e. The fourth-order valence-corrected chi connectivity index (χ4v) is 1.17. The van der Waals surface area contributed by atoms with Gasteiger partial charge in [-0.25, -0.2) is 9.97 Å². The third kappa shape index (κ3) is 2.19. The SMILES string of the molecule is CSc1cc(C(C)C)ncn1. The number of rotatable bonds is 2. The van der Waals surface area contributed by atoms with Crippen LogP contribution in [0.2, 0.25) is 0 Å². The molecule has 1 heterocycles. The van der Waals surface area contributed by atoms with E-state index in [2.05, 4.69) is 23.8 Å². The van der Waals surface area contributed by atoms with Gasteiger partial charge in [0.25, 0.3) is 0 Å². The fourth-order valence-electron chi connectivity index (χ4n) is 0.781. The molecule has 0 atom stereocenters. The van der Waals surface area contributed by atoms with Crippen molar-refractivity contribution in [3.8, 4) is 0 Å². The van der Waals surface area contributed by atoms with E-state index in [0.717, 1.165) is 10.7 Å². The van der Waals surface area contributed by atoms with Crippen molar-refractivity contribution in [1.29, 1.82) is 0 Å². The molecule has 0 aliphatic carbocycles. The van der Waals surface area contributed by atoms with Crippen molar-refractivity contribution in [2.24, 2.45) is 0 Å². The molecule has 0 aliphatic heterocycles. The number of hydrogen-bond acceptors (Lipinski definition) is 3. The predicted octanol–water partition coefficient (Wildman–Crippen LogP) is 2.32. The first kappa shape index (κ1) is 8.53. The van der Waals surface area contributed by atoms with Crippen molar-refractivity contribution in [1.82, 2.24) is 9.97 Å². The fraction of sp³-hybridized carbons (Fsp3) is 0.500. The number of hydrogen-bond donors (Lipinski definition) is 0. The molecule has 1 rings (SSSR count). The summed E-state index contributed by atoms with van der Waals surface area (Å²) in [5, 5.41) is 1.05. The van der Waals surface area contributed by atoms with E-state index >= 15 is 0 Å². The molecule has 0 amide bonds. The van der Waals surface area contributed by atoms with Crippen molar-refractivity contribution < 1.29 is 0 Å². The van der Waals surface area contributed by atoms with Crippen LogP contribution in [0.4, 0.5) is 0 Å². The Bertz CT molecular complexity index is 235. The van der Waals surface area contributed by atoms with E-state index in [9.17, 15) is 0 Å². The van der Waals surface area contributed by atoms with Crippen LogP contribution in [0.15, 0.2) is 17.4 Å². The molecule has 0 spiro atoms. The van der Waals surface area contributed by atoms with Gasteiger partial charge >= 0.3 is 0 Å². The lowest BCUT2D eigenvalue weighted by atomic mass is 10.1. The Labute approximate surface area is 71.5 Å². The van der Waals surface area contributed by atoms with Crippen molar-refractivity contribution in [3.05, 3.63) is 18.1 Å². The van der Waals surface area contributed by atoms with Gasteiger partial charge in [0, 0.05) is 5.69 Å². The first-order chi connectivity index (χ1) is 5.24. The van der Waals surface area contributed by atoms with Gasteiger partial charge in [-0.1, -0.05) is 13.8 Å². The Morgan fingerprint density at radius 1 is 1.36 bits per heavy atom. The Hall–Kier alpha value is -0.570. The molecular weight excluding hydrogens is 156 g/mol. The van der Waals surface area contributed by atoms with Crippen LogP contribution in [-0.4, -0.2) is 16.2 Å². The third-order valence-electron chi connectivity index (χ3n) is 1.46. The molecule has 1 aromatic heterocycles. The summed E-state index contributed by atoms with van der Waals surface area (Å²) in [7, 11) is 0. The van der Waals surface area contributed by atoms with Crippen molar-refractivity contribution >= 4 is 11.8 Å². The number of aromatic nitrogens is 2. The van der Waals surface area contributed by atoms with Crippen LogP contribution >= 0.6 is 11.8 Å². The minimum absolute atomic E-state index is 0.490. The van der Waals surface area contributed by atoms with Crippen LogP contribution in [0.25, 0.3) is 0 Å². The van der Waals surface area contributed by atoms with E-state index in [1.54, 1.807) is 18.1 Å². The monoisotopic (exact) mass is 168 g/mol. The summed E-state index contributed by atoms with van der Waals surface area (Å²) >= 11 is 1.65. The zero-order valence-corrected chi connectivity index (χ0v) is 7.85. The highest BCUT2D eigenvalue weighted by atomic mass is 32.2. The Balaban J connectivity index is 2.91. The van der Waals surface area contributed by atoms with Gasteiger partial charge in [0.05, 0.1) is 5.03 Å².